The number of hydrogen-bond donors (Lipinski definition) is 0. The molecule has 2 aliphatic carbocycles. The van der Waals surface area contributed by atoms with Gasteiger partial charge in [-0.1, -0.05) is 58.1 Å². The molecule has 112 valence electrons. The van der Waals surface area contributed by atoms with E-state index >= 15 is 0 Å². The summed E-state index contributed by atoms with van der Waals surface area (Å²) in [7, 11) is 2.83. The van der Waals surface area contributed by atoms with E-state index in [0.717, 1.165) is 11.2 Å². The molecule has 1 aromatic rings. The molecule has 0 amide bonds. The van der Waals surface area contributed by atoms with Crippen LogP contribution in [0, 0.1) is 11.8 Å². The van der Waals surface area contributed by atoms with Crippen LogP contribution in [0.2, 0.25) is 0 Å². The molecule has 0 radical (unpaired) electrons. The van der Waals surface area contributed by atoms with Gasteiger partial charge in [0.05, 0.1) is 0 Å². The first kappa shape index (κ1) is 16.0. The molecular formula is C19H25OP. The monoisotopic (exact) mass is 300 g/mol. The summed E-state index contributed by atoms with van der Waals surface area (Å²) in [4.78, 5) is 0. The SMILES string of the molecule is CC.CC1=c2oc3c(c2=CC(C)C(P)=C1)C=CC(C)C=C3. The Morgan fingerprint density at radius 1 is 1.10 bits per heavy atom. The molecule has 0 bridgehead atoms. The zero-order chi connectivity index (χ0) is 15.6. The second kappa shape index (κ2) is 6.62. The topological polar surface area (TPSA) is 13.1 Å². The van der Waals surface area contributed by atoms with Crippen LogP contribution in [0.15, 0.2) is 28.0 Å². The van der Waals surface area contributed by atoms with Crippen LogP contribution in [0.25, 0.3) is 23.8 Å². The smallest absolute Gasteiger partial charge is 0.138 e. The summed E-state index contributed by atoms with van der Waals surface area (Å²) in [6.07, 6.45) is 13.2. The fourth-order valence-corrected chi connectivity index (χ4v) is 2.92. The Kier molecular flexibility index (Phi) is 5.06. The summed E-state index contributed by atoms with van der Waals surface area (Å²) in [5.74, 6) is 1.86. The van der Waals surface area contributed by atoms with Crippen molar-refractivity contribution in [2.24, 2.45) is 11.8 Å². The Balaban J connectivity index is 0.000000774. The molecule has 3 unspecified atom stereocenters. The first-order valence-corrected chi connectivity index (χ1v) is 8.33. The molecule has 2 aliphatic rings. The van der Waals surface area contributed by atoms with Gasteiger partial charge >= 0.3 is 0 Å². The predicted molar refractivity (Wildman–Crippen MR) is 97.0 cm³/mol. The molecule has 0 saturated heterocycles. The van der Waals surface area contributed by atoms with Gasteiger partial charge in [0, 0.05) is 10.8 Å². The highest BCUT2D eigenvalue weighted by Gasteiger charge is 2.15. The van der Waals surface area contributed by atoms with Gasteiger partial charge in [-0.2, -0.15) is 0 Å². The molecule has 3 rings (SSSR count). The van der Waals surface area contributed by atoms with Crippen molar-refractivity contribution in [1.82, 2.24) is 0 Å². The highest BCUT2D eigenvalue weighted by atomic mass is 31.0. The van der Waals surface area contributed by atoms with Gasteiger partial charge in [0.2, 0.25) is 0 Å². The maximum absolute atomic E-state index is 6.09. The van der Waals surface area contributed by atoms with Gasteiger partial charge in [-0.3, -0.25) is 0 Å². The quantitative estimate of drug-likeness (QED) is 0.650. The minimum absolute atomic E-state index is 0.418. The summed E-state index contributed by atoms with van der Waals surface area (Å²) in [6.45, 7) is 10.5. The van der Waals surface area contributed by atoms with Crippen molar-refractivity contribution in [3.05, 3.63) is 45.5 Å². The maximum atomic E-state index is 6.09. The van der Waals surface area contributed by atoms with E-state index in [2.05, 4.69) is 66.5 Å². The van der Waals surface area contributed by atoms with Crippen molar-refractivity contribution in [3.8, 4) is 0 Å². The van der Waals surface area contributed by atoms with E-state index in [0.29, 0.717) is 11.8 Å². The third kappa shape index (κ3) is 3.14. The van der Waals surface area contributed by atoms with Crippen molar-refractivity contribution in [1.29, 1.82) is 0 Å². The first-order valence-electron chi connectivity index (χ1n) is 7.75. The Morgan fingerprint density at radius 2 is 1.76 bits per heavy atom. The lowest BCUT2D eigenvalue weighted by Gasteiger charge is -2.04. The van der Waals surface area contributed by atoms with Gasteiger partial charge in [-0.05, 0) is 35.7 Å². The van der Waals surface area contributed by atoms with Gasteiger partial charge in [-0.15, -0.1) is 9.24 Å². The normalized spacial score (nSPS) is 23.0. The second-order valence-electron chi connectivity index (χ2n) is 5.48. The van der Waals surface area contributed by atoms with Crippen molar-refractivity contribution in [2.45, 2.75) is 34.6 Å². The van der Waals surface area contributed by atoms with Crippen LogP contribution in [0.3, 0.4) is 0 Å². The van der Waals surface area contributed by atoms with Crippen molar-refractivity contribution in [2.75, 3.05) is 0 Å². The van der Waals surface area contributed by atoms with E-state index in [1.165, 1.54) is 21.7 Å². The van der Waals surface area contributed by atoms with E-state index in [4.69, 9.17) is 4.42 Å². The van der Waals surface area contributed by atoms with Crippen LogP contribution in [-0.4, -0.2) is 0 Å². The lowest BCUT2D eigenvalue weighted by Crippen LogP contribution is -2.23. The maximum Gasteiger partial charge on any atom is 0.138 e. The standard InChI is InChI=1S/C17H19OP.C2H6/c1-10-4-6-13-14-8-11(2)16(19)9-12(3)17(14)18-15(13)7-5-10;1-2/h4-11H,19H2,1-3H3;1-2H3. The minimum atomic E-state index is 0.418. The lowest BCUT2D eigenvalue weighted by atomic mass is 10.1. The molecule has 1 aromatic heterocycles. The third-order valence-corrected chi connectivity index (χ3v) is 4.51. The van der Waals surface area contributed by atoms with Crippen LogP contribution < -0.4 is 10.6 Å². The highest BCUT2D eigenvalue weighted by Crippen LogP contribution is 2.24. The Hall–Kier alpha value is -1.33. The van der Waals surface area contributed by atoms with Gasteiger partial charge in [-0.25, -0.2) is 0 Å². The fourth-order valence-electron chi connectivity index (χ4n) is 2.57. The van der Waals surface area contributed by atoms with E-state index in [-0.39, 0.29) is 0 Å². The van der Waals surface area contributed by atoms with Crippen LogP contribution in [0.1, 0.15) is 45.9 Å². The Morgan fingerprint density at radius 3 is 2.48 bits per heavy atom. The van der Waals surface area contributed by atoms with Gasteiger partial charge in [0.25, 0.3) is 0 Å². The minimum Gasteiger partial charge on any atom is -0.456 e. The van der Waals surface area contributed by atoms with Gasteiger partial charge in [0.15, 0.2) is 0 Å². The van der Waals surface area contributed by atoms with Crippen LogP contribution >= 0.6 is 9.24 Å². The Labute approximate surface area is 130 Å². The first-order chi connectivity index (χ1) is 10.1. The van der Waals surface area contributed by atoms with E-state index in [9.17, 15) is 0 Å². The lowest BCUT2D eigenvalue weighted by molar-refractivity contribution is 0.519. The van der Waals surface area contributed by atoms with Crippen LogP contribution in [0.4, 0.5) is 0 Å². The summed E-state index contributed by atoms with van der Waals surface area (Å²) in [5.41, 5.74) is 3.43. The van der Waals surface area contributed by atoms with Gasteiger partial charge < -0.3 is 4.42 Å². The molecule has 1 nitrogen and oxygen atoms in total. The number of furan rings is 1. The predicted octanol–water partition coefficient (Wildman–Crippen LogP) is 4.34. The molecule has 0 N–H and O–H groups in total. The highest BCUT2D eigenvalue weighted by molar-refractivity contribution is 7.22. The summed E-state index contributed by atoms with van der Waals surface area (Å²) >= 11 is 0. The van der Waals surface area contributed by atoms with E-state index < -0.39 is 0 Å². The van der Waals surface area contributed by atoms with Gasteiger partial charge in [0.1, 0.15) is 11.2 Å². The zero-order valence-electron chi connectivity index (χ0n) is 13.6. The average Bonchev–Trinajstić information content (AvgIpc) is 2.65. The molecule has 0 fully saturated rings. The van der Waals surface area contributed by atoms with Crippen LogP contribution in [-0.2, 0) is 0 Å². The number of allylic oxidation sites excluding steroid dienone is 4. The fraction of sp³-hybridized carbons (Fsp3) is 0.368. The van der Waals surface area contributed by atoms with Crippen molar-refractivity contribution >= 4 is 33.0 Å². The number of hydrogen-bond acceptors (Lipinski definition) is 1. The van der Waals surface area contributed by atoms with E-state index in [1.807, 2.05) is 13.8 Å². The molecule has 0 saturated carbocycles. The number of rotatable bonds is 0. The summed E-state index contributed by atoms with van der Waals surface area (Å²) < 4.78 is 6.09. The van der Waals surface area contributed by atoms with Crippen LogP contribution in [0.5, 0.6) is 0 Å². The molecule has 21 heavy (non-hydrogen) atoms. The molecule has 2 heteroatoms. The molecule has 0 aliphatic heterocycles. The molecule has 0 aromatic carbocycles. The number of fused-ring (bicyclic) bond motifs is 3. The molecule has 0 spiro atoms. The average molecular weight is 300 g/mol. The summed E-state index contributed by atoms with van der Waals surface area (Å²) in [5, 5.41) is 2.54. The Bertz CT molecular complexity index is 728. The largest absolute Gasteiger partial charge is 0.456 e. The molecule has 3 atom stereocenters. The zero-order valence-corrected chi connectivity index (χ0v) is 14.8. The second-order valence-corrected chi connectivity index (χ2v) is 6.15. The third-order valence-electron chi connectivity index (χ3n) is 3.81. The summed E-state index contributed by atoms with van der Waals surface area (Å²) in [6, 6.07) is 0. The van der Waals surface area contributed by atoms with Crippen molar-refractivity contribution < 1.29 is 4.42 Å². The molecular weight excluding hydrogens is 275 g/mol. The molecule has 1 heterocycles. The van der Waals surface area contributed by atoms with Crippen molar-refractivity contribution in [3.63, 3.8) is 0 Å². The van der Waals surface area contributed by atoms with E-state index in [1.54, 1.807) is 0 Å².